The summed E-state index contributed by atoms with van der Waals surface area (Å²) in [5.41, 5.74) is 6.00. The molecule has 0 aliphatic heterocycles. The largest absolute Gasteiger partial charge is 0.276 e. The molecule has 7 heteroatoms. The van der Waals surface area contributed by atoms with Crippen molar-refractivity contribution >= 4 is 43.6 Å². The van der Waals surface area contributed by atoms with Crippen molar-refractivity contribution < 1.29 is 0 Å². The van der Waals surface area contributed by atoms with Crippen LogP contribution in [0.4, 0.5) is 0 Å². The van der Waals surface area contributed by atoms with Crippen LogP contribution in [0.2, 0.25) is 0 Å². The fraction of sp³-hybridized carbons (Fsp3) is 0.0227. The normalized spacial score (nSPS) is 11.9. The van der Waals surface area contributed by atoms with Crippen LogP contribution < -0.4 is 0 Å². The minimum Gasteiger partial charge on any atom is -0.276 e. The van der Waals surface area contributed by atoms with Crippen LogP contribution in [0.15, 0.2) is 176 Å². The van der Waals surface area contributed by atoms with Gasteiger partial charge in [-0.25, -0.2) is 0 Å². The lowest BCUT2D eigenvalue weighted by Crippen LogP contribution is -2.34. The first-order chi connectivity index (χ1) is 25.3. The summed E-state index contributed by atoms with van der Waals surface area (Å²) in [5, 5.41) is 4.34. The van der Waals surface area contributed by atoms with Gasteiger partial charge < -0.3 is 0 Å². The van der Waals surface area contributed by atoms with Crippen molar-refractivity contribution in [2.24, 2.45) is 0 Å². The minimum absolute atomic E-state index is 0.496. The van der Waals surface area contributed by atoms with Crippen LogP contribution in [0.25, 0.3) is 55.5 Å². The van der Waals surface area contributed by atoms with Crippen LogP contribution in [-0.4, -0.2) is 34.1 Å². The predicted octanol–water partition coefficient (Wildman–Crippen LogP) is 9.24. The van der Waals surface area contributed by atoms with Gasteiger partial charge in [-0.2, -0.15) is 15.0 Å². The highest BCUT2D eigenvalue weighted by Gasteiger charge is 2.42. The van der Waals surface area contributed by atoms with E-state index in [2.05, 4.69) is 153 Å². The van der Waals surface area contributed by atoms with Gasteiger partial charge in [0.1, 0.15) is 5.41 Å². The molecule has 10 aromatic rings. The highest BCUT2D eigenvalue weighted by atomic mass is 15.3. The molecule has 240 valence electrons. The minimum atomic E-state index is -0.912. The Kier molecular flexibility index (Phi) is 6.57. The lowest BCUT2D eigenvalue weighted by molar-refractivity contribution is 0.659. The van der Waals surface area contributed by atoms with Crippen molar-refractivity contribution in [2.75, 3.05) is 0 Å². The summed E-state index contributed by atoms with van der Waals surface area (Å²) >= 11 is 0. The molecular formula is C44H29N7. The van der Waals surface area contributed by atoms with E-state index in [1.807, 2.05) is 43.0 Å². The first kappa shape index (κ1) is 29.0. The zero-order valence-corrected chi connectivity index (χ0v) is 27.4. The lowest BCUT2D eigenvalue weighted by Gasteiger charge is -2.34. The molecule has 0 saturated carbocycles. The SMILES string of the molecule is c1ccc(C(c2ccccc2)(c2ccccc2)c2nc(-n3c4ccccc4c4ccncc43)nc(-n3c4ccccc4c4ccncc43)n2)cc1. The number of fused-ring (bicyclic) bond motifs is 6. The van der Waals surface area contributed by atoms with Gasteiger partial charge in [0, 0.05) is 33.9 Å². The molecule has 0 saturated heterocycles. The molecule has 0 amide bonds. The summed E-state index contributed by atoms with van der Waals surface area (Å²) in [5.74, 6) is 1.59. The Hall–Kier alpha value is -6.99. The lowest BCUT2D eigenvalue weighted by atomic mass is 9.68. The standard InChI is InChI=1S/C44H29N7/c1-4-14-30(15-5-1)44(31-16-6-2-7-17-31,32-18-8-3-9-19-32)41-47-42(50-37-22-12-10-20-33(37)35-24-26-45-28-39(35)50)49-43(48-41)51-38-23-13-11-21-34(38)36-25-27-46-29-40(36)51/h1-29H. The molecule has 51 heavy (non-hydrogen) atoms. The second-order valence-electron chi connectivity index (χ2n) is 12.6. The highest BCUT2D eigenvalue weighted by molar-refractivity contribution is 6.09. The number of pyridine rings is 2. The van der Waals surface area contributed by atoms with E-state index in [4.69, 9.17) is 15.0 Å². The van der Waals surface area contributed by atoms with Crippen LogP contribution in [-0.2, 0) is 5.41 Å². The maximum atomic E-state index is 5.53. The molecule has 0 radical (unpaired) electrons. The molecule has 5 heterocycles. The molecule has 0 bridgehead atoms. The van der Waals surface area contributed by atoms with Gasteiger partial charge in [0.25, 0.3) is 0 Å². The van der Waals surface area contributed by atoms with Crippen molar-refractivity contribution in [1.82, 2.24) is 34.1 Å². The second kappa shape index (κ2) is 11.6. The van der Waals surface area contributed by atoms with E-state index in [-0.39, 0.29) is 0 Å². The molecule has 5 aromatic carbocycles. The van der Waals surface area contributed by atoms with Gasteiger partial charge in [0.05, 0.1) is 34.5 Å². The van der Waals surface area contributed by atoms with Crippen LogP contribution >= 0.6 is 0 Å². The summed E-state index contributed by atoms with van der Waals surface area (Å²) < 4.78 is 4.23. The third-order valence-electron chi connectivity index (χ3n) is 9.92. The Balaban J connectivity index is 1.41. The summed E-state index contributed by atoms with van der Waals surface area (Å²) in [6, 6.07) is 52.4. The number of nitrogens with zero attached hydrogens (tertiary/aromatic N) is 7. The van der Waals surface area contributed by atoms with Gasteiger partial charge in [-0.05, 0) is 41.0 Å². The number of aromatic nitrogens is 7. The van der Waals surface area contributed by atoms with Crippen molar-refractivity contribution in [3.8, 4) is 11.9 Å². The van der Waals surface area contributed by atoms with Gasteiger partial charge in [-0.1, -0.05) is 127 Å². The van der Waals surface area contributed by atoms with Gasteiger partial charge in [0.2, 0.25) is 11.9 Å². The van der Waals surface area contributed by atoms with Gasteiger partial charge >= 0.3 is 0 Å². The molecule has 0 N–H and O–H groups in total. The van der Waals surface area contributed by atoms with E-state index in [0.717, 1.165) is 60.3 Å². The number of para-hydroxylation sites is 2. The van der Waals surface area contributed by atoms with E-state index in [0.29, 0.717) is 17.7 Å². The zero-order valence-electron chi connectivity index (χ0n) is 27.4. The fourth-order valence-corrected chi connectivity index (χ4v) is 7.74. The summed E-state index contributed by atoms with van der Waals surface area (Å²) in [6.45, 7) is 0. The third-order valence-corrected chi connectivity index (χ3v) is 9.92. The second-order valence-corrected chi connectivity index (χ2v) is 12.6. The molecule has 0 aliphatic rings. The van der Waals surface area contributed by atoms with E-state index >= 15 is 0 Å². The molecule has 5 aromatic heterocycles. The third kappa shape index (κ3) is 4.35. The maximum Gasteiger partial charge on any atom is 0.239 e. The first-order valence-corrected chi connectivity index (χ1v) is 16.9. The Bertz CT molecular complexity index is 2530. The van der Waals surface area contributed by atoms with Crippen LogP contribution in [0.5, 0.6) is 0 Å². The molecule has 0 aliphatic carbocycles. The Morgan fingerprint density at radius 1 is 0.353 bits per heavy atom. The molecule has 0 unspecified atom stereocenters. The van der Waals surface area contributed by atoms with Crippen LogP contribution in [0, 0.1) is 0 Å². The van der Waals surface area contributed by atoms with E-state index in [1.165, 1.54) is 0 Å². The van der Waals surface area contributed by atoms with E-state index in [9.17, 15) is 0 Å². The van der Waals surface area contributed by atoms with E-state index < -0.39 is 5.41 Å². The predicted molar refractivity (Wildman–Crippen MR) is 202 cm³/mol. The smallest absolute Gasteiger partial charge is 0.239 e. The van der Waals surface area contributed by atoms with E-state index in [1.54, 1.807) is 0 Å². The molecule has 0 atom stereocenters. The van der Waals surface area contributed by atoms with Crippen LogP contribution in [0.3, 0.4) is 0 Å². The Morgan fingerprint density at radius 3 is 1.16 bits per heavy atom. The van der Waals surface area contributed by atoms with Crippen molar-refractivity contribution in [3.63, 3.8) is 0 Å². The average Bonchev–Trinajstić information content (AvgIpc) is 3.73. The first-order valence-electron chi connectivity index (χ1n) is 16.9. The molecule has 7 nitrogen and oxygen atoms in total. The molecular weight excluding hydrogens is 627 g/mol. The zero-order chi connectivity index (χ0) is 33.8. The maximum absolute atomic E-state index is 5.53. The molecule has 10 rings (SSSR count). The number of rotatable bonds is 6. The fourth-order valence-electron chi connectivity index (χ4n) is 7.74. The summed E-state index contributed by atoms with van der Waals surface area (Å²) in [6.07, 6.45) is 7.45. The average molecular weight is 656 g/mol. The van der Waals surface area contributed by atoms with Gasteiger partial charge in [-0.3, -0.25) is 19.1 Å². The Morgan fingerprint density at radius 2 is 0.725 bits per heavy atom. The van der Waals surface area contributed by atoms with Crippen molar-refractivity contribution in [2.45, 2.75) is 5.41 Å². The topological polar surface area (TPSA) is 74.3 Å². The molecule has 0 fully saturated rings. The number of benzene rings is 5. The van der Waals surface area contributed by atoms with Crippen molar-refractivity contribution in [1.29, 1.82) is 0 Å². The summed E-state index contributed by atoms with van der Waals surface area (Å²) in [4.78, 5) is 25.5. The summed E-state index contributed by atoms with van der Waals surface area (Å²) in [7, 11) is 0. The van der Waals surface area contributed by atoms with Gasteiger partial charge in [0.15, 0.2) is 5.82 Å². The van der Waals surface area contributed by atoms with Crippen molar-refractivity contribution in [3.05, 3.63) is 199 Å². The Labute approximate surface area is 293 Å². The number of hydrogen-bond donors (Lipinski definition) is 0. The quantitative estimate of drug-likeness (QED) is 0.167. The highest BCUT2D eigenvalue weighted by Crippen LogP contribution is 2.44. The monoisotopic (exact) mass is 655 g/mol. The molecule has 0 spiro atoms. The van der Waals surface area contributed by atoms with Crippen LogP contribution in [0.1, 0.15) is 22.5 Å². The number of hydrogen-bond acceptors (Lipinski definition) is 5. The van der Waals surface area contributed by atoms with Gasteiger partial charge in [-0.15, -0.1) is 0 Å².